The van der Waals surface area contributed by atoms with Crippen molar-refractivity contribution in [2.45, 2.75) is 13.8 Å². The topological polar surface area (TPSA) is 51.1 Å². The van der Waals surface area contributed by atoms with E-state index in [4.69, 9.17) is 0 Å². The molecule has 3 rings (SSSR count). The summed E-state index contributed by atoms with van der Waals surface area (Å²) in [6.45, 7) is 3.51. The molecule has 4 nitrogen and oxygen atoms in total. The fraction of sp³-hybridized carbons (Fsp3) is 0.100. The molecule has 4 heteroatoms. The van der Waals surface area contributed by atoms with Crippen molar-refractivity contribution in [1.29, 1.82) is 0 Å². The van der Waals surface area contributed by atoms with Crippen LogP contribution in [0.15, 0.2) is 67.0 Å². The van der Waals surface area contributed by atoms with E-state index in [0.717, 1.165) is 11.3 Å². The Kier molecular flexibility index (Phi) is 4.29. The minimum Gasteiger partial charge on any atom is -0.324 e. The number of hydrogen-bond acceptors (Lipinski definition) is 2. The van der Waals surface area contributed by atoms with E-state index in [1.165, 1.54) is 6.92 Å². The molecule has 0 aliphatic carbocycles. The van der Waals surface area contributed by atoms with Crippen LogP contribution >= 0.6 is 0 Å². The molecule has 0 atom stereocenters. The fourth-order valence-electron chi connectivity index (χ4n) is 2.54. The number of hydrogen-bond donors (Lipinski definition) is 1. The van der Waals surface area contributed by atoms with Gasteiger partial charge in [-0.3, -0.25) is 9.59 Å². The molecule has 24 heavy (non-hydrogen) atoms. The number of carbonyl (C=O) groups is 2. The van der Waals surface area contributed by atoms with Crippen LogP contribution < -0.4 is 5.32 Å². The van der Waals surface area contributed by atoms with Gasteiger partial charge in [0, 0.05) is 34.9 Å². The van der Waals surface area contributed by atoms with Crippen molar-refractivity contribution in [3.05, 3.63) is 83.7 Å². The number of aromatic nitrogens is 1. The summed E-state index contributed by atoms with van der Waals surface area (Å²) in [6, 6.07) is 16.4. The van der Waals surface area contributed by atoms with E-state index in [1.807, 2.05) is 48.1 Å². The Morgan fingerprint density at radius 2 is 1.67 bits per heavy atom. The summed E-state index contributed by atoms with van der Waals surface area (Å²) >= 11 is 0. The maximum Gasteiger partial charge on any atom is 0.255 e. The van der Waals surface area contributed by atoms with Crippen molar-refractivity contribution in [3.63, 3.8) is 0 Å². The van der Waals surface area contributed by atoms with Gasteiger partial charge in [-0.25, -0.2) is 0 Å². The molecule has 3 aromatic rings. The highest BCUT2D eigenvalue weighted by Gasteiger charge is 2.10. The summed E-state index contributed by atoms with van der Waals surface area (Å²) in [5, 5.41) is 2.85. The number of anilines is 1. The molecule has 0 saturated heterocycles. The van der Waals surface area contributed by atoms with Crippen molar-refractivity contribution in [1.82, 2.24) is 4.57 Å². The van der Waals surface area contributed by atoms with Gasteiger partial charge in [0.2, 0.25) is 0 Å². The van der Waals surface area contributed by atoms with Gasteiger partial charge in [-0.05, 0) is 55.8 Å². The molecule has 0 unspecified atom stereocenters. The summed E-state index contributed by atoms with van der Waals surface area (Å²) in [4.78, 5) is 24.0. The van der Waals surface area contributed by atoms with E-state index in [1.54, 1.807) is 30.3 Å². The van der Waals surface area contributed by atoms with Crippen molar-refractivity contribution in [2.24, 2.45) is 0 Å². The largest absolute Gasteiger partial charge is 0.324 e. The monoisotopic (exact) mass is 318 g/mol. The van der Waals surface area contributed by atoms with Gasteiger partial charge in [0.1, 0.15) is 0 Å². The lowest BCUT2D eigenvalue weighted by molar-refractivity contribution is 0.101. The zero-order valence-corrected chi connectivity index (χ0v) is 13.6. The molecule has 1 heterocycles. The minimum absolute atomic E-state index is 0.0312. The highest BCUT2D eigenvalue weighted by molar-refractivity contribution is 6.05. The van der Waals surface area contributed by atoms with E-state index >= 15 is 0 Å². The van der Waals surface area contributed by atoms with Gasteiger partial charge in [-0.15, -0.1) is 0 Å². The first-order chi connectivity index (χ1) is 11.5. The van der Waals surface area contributed by atoms with E-state index in [-0.39, 0.29) is 11.7 Å². The maximum atomic E-state index is 12.5. The number of rotatable bonds is 4. The number of benzene rings is 2. The van der Waals surface area contributed by atoms with Gasteiger partial charge in [0.25, 0.3) is 5.91 Å². The molecule has 0 bridgehead atoms. The molecule has 2 aromatic carbocycles. The second-order valence-corrected chi connectivity index (χ2v) is 5.68. The van der Waals surface area contributed by atoms with Crippen molar-refractivity contribution in [2.75, 3.05) is 5.32 Å². The van der Waals surface area contributed by atoms with E-state index in [9.17, 15) is 9.59 Å². The Bertz CT molecular complexity index is 896. The number of nitrogens with zero attached hydrogens (tertiary/aromatic N) is 1. The fourth-order valence-corrected chi connectivity index (χ4v) is 2.54. The predicted octanol–water partition coefficient (Wildman–Crippen LogP) is 4.24. The van der Waals surface area contributed by atoms with Gasteiger partial charge in [-0.1, -0.05) is 18.2 Å². The smallest absolute Gasteiger partial charge is 0.255 e. The van der Waals surface area contributed by atoms with E-state index < -0.39 is 0 Å². The number of ketones is 1. The number of carbonyl (C=O) groups excluding carboxylic acids is 2. The first-order valence-corrected chi connectivity index (χ1v) is 7.71. The van der Waals surface area contributed by atoms with Crippen molar-refractivity contribution >= 4 is 17.4 Å². The molecule has 0 aliphatic rings. The van der Waals surface area contributed by atoms with E-state index in [2.05, 4.69) is 5.32 Å². The summed E-state index contributed by atoms with van der Waals surface area (Å²) in [5.74, 6) is -0.236. The molecule has 0 fully saturated rings. The molecular formula is C20H18N2O2. The molecule has 120 valence electrons. The summed E-state index contributed by atoms with van der Waals surface area (Å²) in [6.07, 6.45) is 3.89. The van der Waals surface area contributed by atoms with Crippen molar-refractivity contribution in [3.8, 4) is 5.69 Å². The lowest BCUT2D eigenvalue weighted by atomic mass is 10.1. The Hall–Kier alpha value is -3.14. The third kappa shape index (κ3) is 3.27. The first-order valence-electron chi connectivity index (χ1n) is 7.71. The lowest BCUT2D eigenvalue weighted by Crippen LogP contribution is -2.13. The summed E-state index contributed by atoms with van der Waals surface area (Å²) in [7, 11) is 0. The third-order valence-corrected chi connectivity index (χ3v) is 3.88. The second kappa shape index (κ2) is 6.54. The van der Waals surface area contributed by atoms with Crippen molar-refractivity contribution < 1.29 is 9.59 Å². The van der Waals surface area contributed by atoms with Gasteiger partial charge in [-0.2, -0.15) is 0 Å². The van der Waals surface area contributed by atoms with Gasteiger partial charge in [0.05, 0.1) is 0 Å². The number of Topliss-reactive ketones (excluding diaryl/α,β-unsaturated/α-hetero) is 1. The van der Waals surface area contributed by atoms with Crippen LogP contribution in [0.4, 0.5) is 5.69 Å². The average Bonchev–Trinajstić information content (AvgIpc) is 3.09. The van der Waals surface area contributed by atoms with Crippen LogP contribution in [0.25, 0.3) is 5.69 Å². The highest BCUT2D eigenvalue weighted by Crippen LogP contribution is 2.18. The van der Waals surface area contributed by atoms with Crippen LogP contribution in [-0.2, 0) is 0 Å². The molecule has 1 aromatic heterocycles. The SMILES string of the molecule is CC(=O)c1cccc(NC(=O)c2ccc(C)c(-n3cccc3)c2)c1. The second-order valence-electron chi connectivity index (χ2n) is 5.68. The molecule has 0 aliphatic heterocycles. The van der Waals surface area contributed by atoms with Crippen LogP contribution in [0, 0.1) is 6.92 Å². The Morgan fingerprint density at radius 3 is 2.38 bits per heavy atom. The Balaban J connectivity index is 1.87. The molecule has 0 radical (unpaired) electrons. The van der Waals surface area contributed by atoms with Crippen LogP contribution in [-0.4, -0.2) is 16.3 Å². The molecule has 0 saturated carbocycles. The van der Waals surface area contributed by atoms with Crippen LogP contribution in [0.3, 0.4) is 0 Å². The van der Waals surface area contributed by atoms with E-state index in [0.29, 0.717) is 16.8 Å². The Labute approximate surface area is 140 Å². The number of aryl methyl sites for hydroxylation is 1. The molecule has 0 spiro atoms. The third-order valence-electron chi connectivity index (χ3n) is 3.88. The predicted molar refractivity (Wildman–Crippen MR) is 94.9 cm³/mol. The average molecular weight is 318 g/mol. The zero-order chi connectivity index (χ0) is 17.1. The van der Waals surface area contributed by atoms with Gasteiger partial charge >= 0.3 is 0 Å². The van der Waals surface area contributed by atoms with Crippen LogP contribution in [0.2, 0.25) is 0 Å². The number of amides is 1. The molecule has 1 amide bonds. The quantitative estimate of drug-likeness (QED) is 0.731. The first kappa shape index (κ1) is 15.7. The summed E-state index contributed by atoms with van der Waals surface area (Å²) in [5.41, 5.74) is 3.80. The number of nitrogens with one attached hydrogen (secondary N) is 1. The lowest BCUT2D eigenvalue weighted by Gasteiger charge is -2.11. The molecule has 1 N–H and O–H groups in total. The normalized spacial score (nSPS) is 10.4. The van der Waals surface area contributed by atoms with Crippen LogP contribution in [0.5, 0.6) is 0 Å². The summed E-state index contributed by atoms with van der Waals surface area (Å²) < 4.78 is 1.97. The van der Waals surface area contributed by atoms with Gasteiger partial charge in [0.15, 0.2) is 5.78 Å². The Morgan fingerprint density at radius 1 is 0.917 bits per heavy atom. The maximum absolute atomic E-state index is 12.5. The van der Waals surface area contributed by atoms with Crippen LogP contribution in [0.1, 0.15) is 33.2 Å². The highest BCUT2D eigenvalue weighted by atomic mass is 16.1. The zero-order valence-electron chi connectivity index (χ0n) is 13.6. The molecular weight excluding hydrogens is 300 g/mol. The minimum atomic E-state index is -0.205. The standard InChI is InChI=1S/C20H18N2O2/c1-14-8-9-17(13-19(14)22-10-3-4-11-22)20(24)21-18-7-5-6-16(12-18)15(2)23/h3-13H,1-2H3,(H,21,24). The van der Waals surface area contributed by atoms with Gasteiger partial charge < -0.3 is 9.88 Å².